The Bertz CT molecular complexity index is 1080. The number of carbonyl (C=O) groups is 2. The Hall–Kier alpha value is -1.80. The van der Waals surface area contributed by atoms with Crippen LogP contribution in [0.5, 0.6) is 0 Å². The molecule has 0 bridgehead atoms. The molecule has 1 aromatic carbocycles. The molecule has 12 nitrogen and oxygen atoms in total. The van der Waals surface area contributed by atoms with Crippen molar-refractivity contribution in [2.75, 3.05) is 25.0 Å². The summed E-state index contributed by atoms with van der Waals surface area (Å²) >= 11 is 0. The summed E-state index contributed by atoms with van der Waals surface area (Å²) in [6, 6.07) is 2.89. The number of hydrogen-bond donors (Lipinski definition) is 5. The number of guanidine groups is 1. The predicted octanol–water partition coefficient (Wildman–Crippen LogP) is -0.166. The zero-order valence-electron chi connectivity index (χ0n) is 21.2. The third kappa shape index (κ3) is 8.61. The van der Waals surface area contributed by atoms with Gasteiger partial charge in [-0.05, 0) is 37.7 Å². The minimum Gasteiger partial charge on any atom is -0.480 e. The average Bonchev–Trinajstić information content (AvgIpc) is 2.79. The van der Waals surface area contributed by atoms with E-state index in [1.807, 2.05) is 19.9 Å². The summed E-state index contributed by atoms with van der Waals surface area (Å²) in [5.74, 6) is -0.413. The average molecular weight is 615 g/mol. The maximum Gasteiger partial charge on any atom is 0.326 e. The standard InChI is InChI=1S/C23H35N6O5S.H2O.Y/c1-14-8-10-29(18(12-14)22(31)32)21(30)17(6-4-9-26-23(24)25)28-35(33,34)19-7-3-5-16-11-15(2)13-27-20(16)19;;/h3,5,7,14,17-18,27-28H,4,6,8-13H2,1-2H3,(H,31,32)(H4,24,25,26);1H2;/q-1;;/t14-,17+,18-;;/m1../s1. The molecule has 37 heavy (non-hydrogen) atoms. The van der Waals surface area contributed by atoms with Gasteiger partial charge in [0.25, 0.3) is 0 Å². The number of nitrogens with one attached hydrogen (secondary N) is 2. The van der Waals surface area contributed by atoms with Crippen molar-refractivity contribution in [2.24, 2.45) is 22.4 Å². The minimum absolute atomic E-state index is 0. The normalized spacial score (nSPS) is 20.3. The van der Waals surface area contributed by atoms with Crippen molar-refractivity contribution >= 4 is 33.5 Å². The molecule has 1 amide bonds. The van der Waals surface area contributed by atoms with E-state index in [9.17, 15) is 23.1 Å². The minimum atomic E-state index is -4.11. The largest absolute Gasteiger partial charge is 0.480 e. The molecule has 1 aromatic rings. The summed E-state index contributed by atoms with van der Waals surface area (Å²) in [5, 5.41) is 12.9. The summed E-state index contributed by atoms with van der Waals surface area (Å²) in [6.45, 7) is 4.97. The number of nitrogens with two attached hydrogens (primary N) is 2. The fourth-order valence-corrected chi connectivity index (χ4v) is 6.05. The van der Waals surface area contributed by atoms with E-state index in [2.05, 4.69) is 15.0 Å². The first-order valence-corrected chi connectivity index (χ1v) is 13.3. The number of carboxylic acids is 1. The summed E-state index contributed by atoms with van der Waals surface area (Å²) in [5.41, 5.74) is 12.1. The molecule has 0 unspecified atom stereocenters. The van der Waals surface area contributed by atoms with Crippen LogP contribution in [-0.2, 0) is 58.7 Å². The molecule has 2 aliphatic heterocycles. The van der Waals surface area contributed by atoms with Gasteiger partial charge in [0, 0.05) is 45.8 Å². The molecule has 205 valence electrons. The van der Waals surface area contributed by atoms with Crippen LogP contribution >= 0.6 is 0 Å². The van der Waals surface area contributed by atoms with Crippen LogP contribution in [0.25, 0.3) is 0 Å². The van der Waals surface area contributed by atoms with Crippen molar-refractivity contribution in [3.63, 3.8) is 0 Å². The Morgan fingerprint density at radius 1 is 1.35 bits per heavy atom. The summed E-state index contributed by atoms with van der Waals surface area (Å²) in [4.78, 5) is 30.6. The van der Waals surface area contributed by atoms with Gasteiger partial charge in [0.15, 0.2) is 5.96 Å². The zero-order chi connectivity index (χ0) is 25.8. The van der Waals surface area contributed by atoms with Gasteiger partial charge in [0.1, 0.15) is 17.0 Å². The Balaban J connectivity index is 0.00000342. The van der Waals surface area contributed by atoms with Gasteiger partial charge in [-0.3, -0.25) is 15.7 Å². The van der Waals surface area contributed by atoms with Crippen LogP contribution in [0.3, 0.4) is 0 Å². The first kappa shape index (κ1) is 33.2. The Morgan fingerprint density at radius 2 is 2.05 bits per heavy atom. The number of amides is 1. The first-order valence-electron chi connectivity index (χ1n) is 11.8. The monoisotopic (exact) mass is 614 g/mol. The third-order valence-corrected chi connectivity index (χ3v) is 7.95. The molecule has 0 aromatic heterocycles. The van der Waals surface area contributed by atoms with Gasteiger partial charge in [-0.1, -0.05) is 24.6 Å². The number of sulfonamides is 1. The second kappa shape index (κ2) is 14.4. The topological polar surface area (TPSA) is 212 Å². The number of benzene rings is 1. The van der Waals surface area contributed by atoms with Gasteiger partial charge < -0.3 is 32.3 Å². The van der Waals surface area contributed by atoms with E-state index >= 15 is 0 Å². The molecule has 1 radical (unpaired) electrons. The summed E-state index contributed by atoms with van der Waals surface area (Å²) in [7, 11) is -4.11. The number of carbonyl (C=O) groups excluding carboxylic acids is 1. The number of piperidine rings is 1. The molecule has 0 spiro atoms. The van der Waals surface area contributed by atoms with Crippen LogP contribution in [0.15, 0.2) is 28.1 Å². The van der Waals surface area contributed by atoms with Crippen molar-refractivity contribution in [3.8, 4) is 0 Å². The molecule has 3 rings (SSSR count). The number of para-hydroxylation sites is 1. The number of rotatable bonds is 9. The fourth-order valence-electron chi connectivity index (χ4n) is 4.60. The van der Waals surface area contributed by atoms with E-state index in [1.54, 1.807) is 6.07 Å². The van der Waals surface area contributed by atoms with E-state index in [1.165, 1.54) is 16.9 Å². The molecular weight excluding hydrogens is 577 g/mol. The number of anilines is 1. The van der Waals surface area contributed by atoms with Gasteiger partial charge in [0.2, 0.25) is 15.9 Å². The van der Waals surface area contributed by atoms with Crippen molar-refractivity contribution in [1.29, 1.82) is 0 Å². The molecule has 1 saturated heterocycles. The van der Waals surface area contributed by atoms with Crippen LogP contribution in [0.2, 0.25) is 0 Å². The number of aliphatic imine (C=N–C) groups is 1. The number of nitrogens with zero attached hydrogens (tertiary/aromatic N) is 2. The van der Waals surface area contributed by atoms with E-state index in [0.29, 0.717) is 37.9 Å². The Kier molecular flexibility index (Phi) is 12.9. The Labute approximate surface area is 243 Å². The van der Waals surface area contributed by atoms with Crippen LogP contribution < -0.4 is 21.5 Å². The Morgan fingerprint density at radius 3 is 2.70 bits per heavy atom. The van der Waals surface area contributed by atoms with Gasteiger partial charge in [-0.15, -0.1) is 13.0 Å². The van der Waals surface area contributed by atoms with Crippen molar-refractivity contribution < 1.29 is 61.3 Å². The maximum atomic E-state index is 13.5. The van der Waals surface area contributed by atoms with Crippen LogP contribution in [-0.4, -0.2) is 73.5 Å². The van der Waals surface area contributed by atoms with Gasteiger partial charge >= 0.3 is 5.97 Å². The molecule has 3 atom stereocenters. The predicted molar refractivity (Wildman–Crippen MR) is 137 cm³/mol. The maximum absolute atomic E-state index is 13.5. The SMILES string of the molecule is C[C-]1CNc2c(cccc2S(=O)(=O)N[C@@H](CCCN=C(N)N)C(=O)N2CC[C@@H](C)C[C@@H]2C(=O)O)C1.O.[Y]. The zero-order valence-corrected chi connectivity index (χ0v) is 24.9. The third-order valence-electron chi connectivity index (χ3n) is 6.43. The second-order valence-corrected chi connectivity index (χ2v) is 11.1. The number of likely N-dealkylation sites (tertiary alicyclic amines) is 1. The molecule has 0 saturated carbocycles. The van der Waals surface area contributed by atoms with Crippen molar-refractivity contribution in [1.82, 2.24) is 9.62 Å². The van der Waals surface area contributed by atoms with Crippen molar-refractivity contribution in [3.05, 3.63) is 29.7 Å². The van der Waals surface area contributed by atoms with E-state index < -0.39 is 34.0 Å². The molecule has 0 aliphatic carbocycles. The van der Waals surface area contributed by atoms with Crippen molar-refractivity contribution in [2.45, 2.75) is 62.9 Å². The molecule has 2 heterocycles. The number of aliphatic carboxylic acids is 1. The van der Waals surface area contributed by atoms with Crippen LogP contribution in [0.1, 0.15) is 45.1 Å². The van der Waals surface area contributed by atoms with E-state index in [-0.39, 0.29) is 74.5 Å². The summed E-state index contributed by atoms with van der Waals surface area (Å²) < 4.78 is 29.5. The van der Waals surface area contributed by atoms with Gasteiger partial charge in [-0.2, -0.15) is 11.6 Å². The van der Waals surface area contributed by atoms with E-state index in [0.717, 1.165) is 5.56 Å². The van der Waals surface area contributed by atoms with Gasteiger partial charge in [-0.25, -0.2) is 13.2 Å². The molecule has 14 heteroatoms. The number of hydrogen-bond acceptors (Lipinski definition) is 6. The smallest absolute Gasteiger partial charge is 0.326 e. The molecular formula is C23H37N6O6SY-. The van der Waals surface area contributed by atoms with Gasteiger partial charge in [0.05, 0.1) is 5.69 Å². The first-order chi connectivity index (χ1) is 16.5. The van der Waals surface area contributed by atoms with Crippen LogP contribution in [0, 0.1) is 11.8 Å². The number of carboxylic acid groups (broad SMARTS) is 1. The summed E-state index contributed by atoms with van der Waals surface area (Å²) in [6.07, 6.45) is 2.08. The second-order valence-electron chi connectivity index (χ2n) is 9.42. The molecule has 9 N–H and O–H groups in total. The fraction of sp³-hybridized carbons (Fsp3) is 0.565. The quantitative estimate of drug-likeness (QED) is 0.109. The van der Waals surface area contributed by atoms with E-state index in [4.69, 9.17) is 11.5 Å². The number of fused-ring (bicyclic) bond motifs is 1. The van der Waals surface area contributed by atoms with Crippen LogP contribution in [0.4, 0.5) is 5.69 Å². The molecule has 2 aliphatic rings. The molecule has 1 fully saturated rings.